The minimum Gasteiger partial charge on any atom is -0.381 e. The second-order valence-electron chi connectivity index (χ2n) is 3.41. The molecule has 0 spiro atoms. The zero-order valence-corrected chi connectivity index (χ0v) is 8.64. The molecule has 0 heterocycles. The molecule has 0 rings (SSSR count). The summed E-state index contributed by atoms with van der Waals surface area (Å²) in [6, 6.07) is 0. The average Bonchev–Trinajstić information content (AvgIpc) is 2.10. The van der Waals surface area contributed by atoms with Gasteiger partial charge < -0.3 is 4.74 Å². The molecule has 0 aliphatic rings. The largest absolute Gasteiger partial charge is 0.381 e. The Morgan fingerprint density at radius 3 is 2.50 bits per heavy atom. The molecule has 1 unspecified atom stereocenters. The summed E-state index contributed by atoms with van der Waals surface area (Å²) in [7, 11) is 0. The molecule has 1 radical (unpaired) electrons. The first-order valence-corrected chi connectivity index (χ1v) is 5.22. The monoisotopic (exact) mass is 171 g/mol. The van der Waals surface area contributed by atoms with E-state index in [2.05, 4.69) is 20.8 Å². The molecular formula is C11H23O. The molecule has 12 heavy (non-hydrogen) atoms. The van der Waals surface area contributed by atoms with Crippen molar-refractivity contribution in [1.29, 1.82) is 0 Å². The third kappa shape index (κ3) is 8.06. The molecule has 0 N–H and O–H groups in total. The Hall–Kier alpha value is -0.0400. The van der Waals surface area contributed by atoms with E-state index in [-0.39, 0.29) is 0 Å². The fourth-order valence-electron chi connectivity index (χ4n) is 0.999. The lowest BCUT2D eigenvalue weighted by atomic mass is 10.1. The van der Waals surface area contributed by atoms with Gasteiger partial charge in [-0.05, 0) is 19.3 Å². The van der Waals surface area contributed by atoms with Crippen molar-refractivity contribution < 1.29 is 4.74 Å². The highest BCUT2D eigenvalue weighted by Gasteiger charge is 1.97. The summed E-state index contributed by atoms with van der Waals surface area (Å²) >= 11 is 0. The first-order valence-electron chi connectivity index (χ1n) is 5.22. The molecule has 1 atom stereocenters. The molecule has 0 bridgehead atoms. The van der Waals surface area contributed by atoms with E-state index in [1.807, 2.05) is 0 Å². The summed E-state index contributed by atoms with van der Waals surface area (Å²) in [6.45, 7) is 10.1. The summed E-state index contributed by atoms with van der Waals surface area (Å²) in [5.41, 5.74) is 0. The van der Waals surface area contributed by atoms with Crippen LogP contribution in [0.3, 0.4) is 0 Å². The summed E-state index contributed by atoms with van der Waals surface area (Å²) < 4.78 is 5.47. The standard InChI is InChI=1S/C11H23O/c1-4-6-7-8-9-12-10-11(3)5-2/h11H,3-10H2,1-2H3. The molecule has 1 nitrogen and oxygen atoms in total. The zero-order valence-electron chi connectivity index (χ0n) is 8.64. The maximum atomic E-state index is 5.47. The Balaban J connectivity index is 2.90. The predicted octanol–water partition coefficient (Wildman–Crippen LogP) is 3.44. The van der Waals surface area contributed by atoms with Gasteiger partial charge in [0.05, 0.1) is 0 Å². The van der Waals surface area contributed by atoms with Gasteiger partial charge in [-0.2, -0.15) is 0 Å². The zero-order chi connectivity index (χ0) is 9.23. The van der Waals surface area contributed by atoms with E-state index in [0.29, 0.717) is 5.92 Å². The molecule has 0 aromatic heterocycles. The fraction of sp³-hybridized carbons (Fsp3) is 0.909. The van der Waals surface area contributed by atoms with E-state index in [9.17, 15) is 0 Å². The van der Waals surface area contributed by atoms with Crippen molar-refractivity contribution >= 4 is 0 Å². The second kappa shape index (κ2) is 9.05. The van der Waals surface area contributed by atoms with Crippen molar-refractivity contribution in [1.82, 2.24) is 0 Å². The maximum Gasteiger partial charge on any atom is 0.0494 e. The third-order valence-corrected chi connectivity index (χ3v) is 2.07. The average molecular weight is 171 g/mol. The maximum absolute atomic E-state index is 5.47. The van der Waals surface area contributed by atoms with Crippen LogP contribution in [0.2, 0.25) is 0 Å². The third-order valence-electron chi connectivity index (χ3n) is 2.07. The molecule has 0 saturated heterocycles. The van der Waals surface area contributed by atoms with E-state index in [0.717, 1.165) is 19.6 Å². The Kier molecular flexibility index (Phi) is 9.02. The van der Waals surface area contributed by atoms with E-state index >= 15 is 0 Å². The molecule has 0 aliphatic carbocycles. The van der Waals surface area contributed by atoms with Crippen LogP contribution in [0.4, 0.5) is 0 Å². The molecular weight excluding hydrogens is 148 g/mol. The Morgan fingerprint density at radius 1 is 1.17 bits per heavy atom. The van der Waals surface area contributed by atoms with Gasteiger partial charge in [-0.25, -0.2) is 0 Å². The lowest BCUT2D eigenvalue weighted by molar-refractivity contribution is 0.107. The number of hydrogen-bond donors (Lipinski definition) is 0. The van der Waals surface area contributed by atoms with Crippen LogP contribution in [0, 0.1) is 12.8 Å². The van der Waals surface area contributed by atoms with Crippen molar-refractivity contribution in [3.05, 3.63) is 6.92 Å². The molecule has 0 aromatic carbocycles. The van der Waals surface area contributed by atoms with Crippen LogP contribution in [0.1, 0.15) is 46.0 Å². The topological polar surface area (TPSA) is 9.23 Å². The first kappa shape index (κ1) is 12.0. The van der Waals surface area contributed by atoms with Gasteiger partial charge in [0.2, 0.25) is 0 Å². The summed E-state index contributed by atoms with van der Waals surface area (Å²) in [5.74, 6) is 0.483. The molecule has 0 fully saturated rings. The lowest BCUT2D eigenvalue weighted by Gasteiger charge is -2.08. The number of rotatable bonds is 8. The molecule has 0 aromatic rings. The first-order chi connectivity index (χ1) is 5.81. The highest BCUT2D eigenvalue weighted by atomic mass is 16.5. The van der Waals surface area contributed by atoms with Crippen LogP contribution in [0.15, 0.2) is 0 Å². The number of ether oxygens (including phenoxy) is 1. The number of unbranched alkanes of at least 4 members (excludes halogenated alkanes) is 3. The van der Waals surface area contributed by atoms with Gasteiger partial charge in [-0.3, -0.25) is 0 Å². The van der Waals surface area contributed by atoms with E-state index in [1.54, 1.807) is 0 Å². The van der Waals surface area contributed by atoms with E-state index < -0.39 is 0 Å². The SMILES string of the molecule is [CH2]C(CC)COCCCCCC. The van der Waals surface area contributed by atoms with Crippen molar-refractivity contribution in [2.24, 2.45) is 5.92 Å². The van der Waals surface area contributed by atoms with Gasteiger partial charge in [0.1, 0.15) is 0 Å². The summed E-state index contributed by atoms with van der Waals surface area (Å²) in [6.07, 6.45) is 6.28. The quantitative estimate of drug-likeness (QED) is 0.508. The molecule has 0 aliphatic heterocycles. The van der Waals surface area contributed by atoms with Crippen LogP contribution < -0.4 is 0 Å². The van der Waals surface area contributed by atoms with Gasteiger partial charge in [0.25, 0.3) is 0 Å². The Labute approximate surface area is 77.5 Å². The second-order valence-corrected chi connectivity index (χ2v) is 3.41. The van der Waals surface area contributed by atoms with Crippen LogP contribution in [0.25, 0.3) is 0 Å². The Morgan fingerprint density at radius 2 is 1.92 bits per heavy atom. The molecule has 73 valence electrons. The van der Waals surface area contributed by atoms with Crippen LogP contribution in [0.5, 0.6) is 0 Å². The van der Waals surface area contributed by atoms with E-state index in [4.69, 9.17) is 4.74 Å². The van der Waals surface area contributed by atoms with Gasteiger partial charge >= 0.3 is 0 Å². The van der Waals surface area contributed by atoms with Crippen molar-refractivity contribution in [2.75, 3.05) is 13.2 Å². The normalized spacial score (nSPS) is 13.2. The van der Waals surface area contributed by atoms with Gasteiger partial charge in [-0.15, -0.1) is 0 Å². The van der Waals surface area contributed by atoms with Crippen molar-refractivity contribution in [3.8, 4) is 0 Å². The van der Waals surface area contributed by atoms with Gasteiger partial charge in [0, 0.05) is 13.2 Å². The van der Waals surface area contributed by atoms with Crippen LogP contribution in [-0.2, 0) is 4.74 Å². The lowest BCUT2D eigenvalue weighted by Crippen LogP contribution is -2.05. The van der Waals surface area contributed by atoms with Crippen LogP contribution >= 0.6 is 0 Å². The molecule has 0 amide bonds. The molecule has 0 saturated carbocycles. The van der Waals surface area contributed by atoms with Gasteiger partial charge in [-0.1, -0.05) is 39.5 Å². The minimum atomic E-state index is 0.483. The van der Waals surface area contributed by atoms with E-state index in [1.165, 1.54) is 25.7 Å². The van der Waals surface area contributed by atoms with Gasteiger partial charge in [0.15, 0.2) is 0 Å². The summed E-state index contributed by atoms with van der Waals surface area (Å²) in [4.78, 5) is 0. The van der Waals surface area contributed by atoms with Crippen molar-refractivity contribution in [3.63, 3.8) is 0 Å². The highest BCUT2D eigenvalue weighted by molar-refractivity contribution is 4.56. The number of hydrogen-bond acceptors (Lipinski definition) is 1. The van der Waals surface area contributed by atoms with Crippen molar-refractivity contribution in [2.45, 2.75) is 46.0 Å². The predicted molar refractivity (Wildman–Crippen MR) is 54.1 cm³/mol. The molecule has 1 heteroatoms. The smallest absolute Gasteiger partial charge is 0.0494 e. The fourth-order valence-corrected chi connectivity index (χ4v) is 0.999. The van der Waals surface area contributed by atoms with Crippen LogP contribution in [-0.4, -0.2) is 13.2 Å². The summed E-state index contributed by atoms with van der Waals surface area (Å²) in [5, 5.41) is 0. The Bertz CT molecular complexity index is 81.1. The minimum absolute atomic E-state index is 0.483. The highest BCUT2D eigenvalue weighted by Crippen LogP contribution is 2.02.